The van der Waals surface area contributed by atoms with E-state index < -0.39 is 11.7 Å². The normalized spacial score (nSPS) is 10.5. The van der Waals surface area contributed by atoms with Crippen molar-refractivity contribution in [2.24, 2.45) is 0 Å². The largest absolute Gasteiger partial charge is 0.495 e. The molecule has 3 N–H and O–H groups in total. The highest BCUT2D eigenvalue weighted by atomic mass is 35.5. The van der Waals surface area contributed by atoms with Gasteiger partial charge in [-0.3, -0.25) is 4.79 Å². The number of ether oxygens (including phenoxy) is 1. The second-order valence-corrected chi connectivity index (χ2v) is 5.61. The third-order valence-corrected chi connectivity index (χ3v) is 3.80. The van der Waals surface area contributed by atoms with E-state index in [-0.39, 0.29) is 10.8 Å². The topological polar surface area (TPSA) is 77.5 Å². The Kier molecular flexibility index (Phi) is 4.63. The lowest BCUT2D eigenvalue weighted by Gasteiger charge is -2.09. The summed E-state index contributed by atoms with van der Waals surface area (Å²) in [4.78, 5) is 12.4. The Morgan fingerprint density at radius 3 is 2.72 bits per heavy atom. The molecular formula is C18H14ClFN2O3. The third kappa shape index (κ3) is 3.59. The summed E-state index contributed by atoms with van der Waals surface area (Å²) in [5, 5.41) is 2.66. The number of nitrogens with one attached hydrogen (secondary N) is 1. The molecule has 0 aliphatic carbocycles. The molecule has 0 fully saturated rings. The van der Waals surface area contributed by atoms with E-state index in [1.54, 1.807) is 24.3 Å². The Bertz CT molecular complexity index is 940. The Hall–Kier alpha value is -2.99. The van der Waals surface area contributed by atoms with Gasteiger partial charge >= 0.3 is 0 Å². The van der Waals surface area contributed by atoms with E-state index in [2.05, 4.69) is 5.32 Å². The Morgan fingerprint density at radius 1 is 1.20 bits per heavy atom. The Labute approximate surface area is 148 Å². The van der Waals surface area contributed by atoms with Crippen LogP contribution in [0.15, 0.2) is 52.9 Å². The first-order valence-electron chi connectivity index (χ1n) is 7.28. The van der Waals surface area contributed by atoms with Gasteiger partial charge in [0.1, 0.15) is 17.3 Å². The van der Waals surface area contributed by atoms with Crippen molar-refractivity contribution in [3.05, 3.63) is 65.1 Å². The van der Waals surface area contributed by atoms with Gasteiger partial charge in [-0.25, -0.2) is 4.39 Å². The number of methoxy groups -OCH3 is 1. The molecule has 0 unspecified atom stereocenters. The lowest BCUT2D eigenvalue weighted by molar-refractivity contribution is 0.0997. The predicted molar refractivity (Wildman–Crippen MR) is 94.5 cm³/mol. The number of benzene rings is 2. The van der Waals surface area contributed by atoms with E-state index in [0.29, 0.717) is 28.4 Å². The first-order chi connectivity index (χ1) is 12.0. The Balaban J connectivity index is 1.83. The van der Waals surface area contributed by atoms with Gasteiger partial charge in [0.25, 0.3) is 5.91 Å². The first-order valence-corrected chi connectivity index (χ1v) is 7.66. The van der Waals surface area contributed by atoms with Crippen molar-refractivity contribution in [1.29, 1.82) is 0 Å². The molecule has 1 aromatic heterocycles. The van der Waals surface area contributed by atoms with Crippen LogP contribution in [0, 0.1) is 5.82 Å². The van der Waals surface area contributed by atoms with Crippen molar-refractivity contribution in [2.75, 3.05) is 18.2 Å². The molecule has 0 saturated carbocycles. The molecule has 0 aliphatic heterocycles. The molecule has 5 nitrogen and oxygen atoms in total. The quantitative estimate of drug-likeness (QED) is 0.667. The molecule has 0 radical (unpaired) electrons. The molecule has 128 valence electrons. The van der Waals surface area contributed by atoms with Crippen molar-refractivity contribution in [3.63, 3.8) is 0 Å². The number of nitrogen functional groups attached to an aromatic ring is 1. The molecule has 25 heavy (non-hydrogen) atoms. The van der Waals surface area contributed by atoms with Crippen molar-refractivity contribution in [3.8, 4) is 17.1 Å². The number of hydrogen-bond acceptors (Lipinski definition) is 4. The molecule has 0 atom stereocenters. The van der Waals surface area contributed by atoms with Crippen LogP contribution in [0.2, 0.25) is 5.02 Å². The zero-order valence-corrected chi connectivity index (χ0v) is 13.9. The van der Waals surface area contributed by atoms with E-state index in [0.717, 1.165) is 0 Å². The van der Waals surface area contributed by atoms with Crippen molar-refractivity contribution >= 4 is 28.9 Å². The zero-order valence-electron chi connectivity index (χ0n) is 13.2. The zero-order chi connectivity index (χ0) is 18.0. The minimum Gasteiger partial charge on any atom is -0.495 e. The third-order valence-electron chi connectivity index (χ3n) is 3.51. The lowest BCUT2D eigenvalue weighted by atomic mass is 10.2. The smallest absolute Gasteiger partial charge is 0.291 e. The van der Waals surface area contributed by atoms with Crippen LogP contribution in [-0.4, -0.2) is 13.0 Å². The van der Waals surface area contributed by atoms with Crippen molar-refractivity contribution in [1.82, 2.24) is 0 Å². The van der Waals surface area contributed by atoms with Gasteiger partial charge in [-0.05, 0) is 48.5 Å². The minimum absolute atomic E-state index is 0.0237. The first kappa shape index (κ1) is 16.9. The summed E-state index contributed by atoms with van der Waals surface area (Å²) < 4.78 is 24.0. The van der Waals surface area contributed by atoms with Crippen molar-refractivity contribution in [2.45, 2.75) is 0 Å². The van der Waals surface area contributed by atoms with Crippen LogP contribution in [0.25, 0.3) is 11.3 Å². The highest BCUT2D eigenvalue weighted by Gasteiger charge is 2.15. The highest BCUT2D eigenvalue weighted by molar-refractivity contribution is 6.31. The number of carbonyl (C=O) groups is 1. The van der Waals surface area contributed by atoms with Gasteiger partial charge < -0.3 is 20.2 Å². The molecule has 1 heterocycles. The molecule has 2 aromatic carbocycles. The van der Waals surface area contributed by atoms with E-state index in [1.165, 1.54) is 31.4 Å². The standard InChI is InChI=1S/C18H14ClFN2O3/c1-24-16-5-3-11(21)9-14(16)22-18(23)17-7-6-15(25-17)10-2-4-13(20)12(19)8-10/h2-9H,21H2,1H3,(H,22,23). The number of rotatable bonds is 4. The van der Waals surface area contributed by atoms with Crippen LogP contribution in [-0.2, 0) is 0 Å². The molecule has 7 heteroatoms. The van der Waals surface area contributed by atoms with Crippen LogP contribution in [0.1, 0.15) is 10.6 Å². The van der Waals surface area contributed by atoms with Crippen molar-refractivity contribution < 1.29 is 18.3 Å². The second-order valence-electron chi connectivity index (χ2n) is 5.21. The van der Waals surface area contributed by atoms with Crippen LogP contribution in [0.4, 0.5) is 15.8 Å². The van der Waals surface area contributed by atoms with Crippen LogP contribution < -0.4 is 15.8 Å². The van der Waals surface area contributed by atoms with Gasteiger partial charge in [-0.1, -0.05) is 11.6 Å². The second kappa shape index (κ2) is 6.86. The number of halogens is 2. The molecular weight excluding hydrogens is 347 g/mol. The fourth-order valence-electron chi connectivity index (χ4n) is 2.27. The fraction of sp³-hybridized carbons (Fsp3) is 0.0556. The van der Waals surface area contributed by atoms with Gasteiger partial charge in [-0.2, -0.15) is 0 Å². The molecule has 0 bridgehead atoms. The maximum Gasteiger partial charge on any atom is 0.291 e. The fourth-order valence-corrected chi connectivity index (χ4v) is 2.45. The van der Waals surface area contributed by atoms with Crippen LogP contribution in [0.3, 0.4) is 0 Å². The molecule has 0 spiro atoms. The number of amides is 1. The molecule has 3 aromatic rings. The molecule has 1 amide bonds. The monoisotopic (exact) mass is 360 g/mol. The Morgan fingerprint density at radius 2 is 2.00 bits per heavy atom. The van der Waals surface area contributed by atoms with E-state index >= 15 is 0 Å². The van der Waals surface area contributed by atoms with Gasteiger partial charge in [0.15, 0.2) is 5.76 Å². The van der Waals surface area contributed by atoms with E-state index in [1.807, 2.05) is 0 Å². The molecule has 0 saturated heterocycles. The number of anilines is 2. The number of nitrogens with two attached hydrogens (primary N) is 1. The van der Waals surface area contributed by atoms with Gasteiger partial charge in [-0.15, -0.1) is 0 Å². The van der Waals surface area contributed by atoms with Crippen LogP contribution >= 0.6 is 11.6 Å². The predicted octanol–water partition coefficient (Wildman–Crippen LogP) is 4.58. The summed E-state index contributed by atoms with van der Waals surface area (Å²) in [6.45, 7) is 0. The van der Waals surface area contributed by atoms with Crippen LogP contribution in [0.5, 0.6) is 5.75 Å². The number of furan rings is 1. The maximum atomic E-state index is 13.2. The number of hydrogen-bond donors (Lipinski definition) is 2. The summed E-state index contributed by atoms with van der Waals surface area (Å²) >= 11 is 5.77. The maximum absolute atomic E-state index is 13.2. The number of carbonyl (C=O) groups excluding carboxylic acids is 1. The average molecular weight is 361 g/mol. The summed E-state index contributed by atoms with van der Waals surface area (Å²) in [5.41, 5.74) is 7.20. The van der Waals surface area contributed by atoms with E-state index in [9.17, 15) is 9.18 Å². The van der Waals surface area contributed by atoms with E-state index in [4.69, 9.17) is 26.5 Å². The molecule has 0 aliphatic rings. The molecule has 3 rings (SSSR count). The summed E-state index contributed by atoms with van der Waals surface area (Å²) in [7, 11) is 1.49. The van der Waals surface area contributed by atoms with Gasteiger partial charge in [0.05, 0.1) is 17.8 Å². The SMILES string of the molecule is COc1ccc(N)cc1NC(=O)c1ccc(-c2ccc(F)c(Cl)c2)o1. The summed E-state index contributed by atoms with van der Waals surface area (Å²) in [5.74, 6) is -0.0433. The summed E-state index contributed by atoms with van der Waals surface area (Å²) in [6.07, 6.45) is 0. The van der Waals surface area contributed by atoms with Gasteiger partial charge in [0.2, 0.25) is 0 Å². The summed E-state index contributed by atoms with van der Waals surface area (Å²) in [6, 6.07) is 12.2. The average Bonchev–Trinajstić information content (AvgIpc) is 3.08. The highest BCUT2D eigenvalue weighted by Crippen LogP contribution is 2.29. The van der Waals surface area contributed by atoms with Gasteiger partial charge in [0, 0.05) is 11.3 Å². The minimum atomic E-state index is -0.524. The lowest BCUT2D eigenvalue weighted by Crippen LogP contribution is -2.12.